The first-order chi connectivity index (χ1) is 7.69. The van der Waals surface area contributed by atoms with Crippen LogP contribution in [0.25, 0.3) is 11.2 Å². The highest BCUT2D eigenvalue weighted by Crippen LogP contribution is 2.30. The highest BCUT2D eigenvalue weighted by Gasteiger charge is 2.34. The molecular weight excluding hydrogens is 240 g/mol. The minimum atomic E-state index is 0. The van der Waals surface area contributed by atoms with Gasteiger partial charge in [0.2, 0.25) is 5.95 Å². The number of imidazole rings is 1. The van der Waals surface area contributed by atoms with E-state index < -0.39 is 0 Å². The number of hydrogen-bond acceptors (Lipinski definition) is 4. The summed E-state index contributed by atoms with van der Waals surface area (Å²) in [6, 6.07) is 0. The summed E-state index contributed by atoms with van der Waals surface area (Å²) in [5.41, 5.74) is 7.30. The van der Waals surface area contributed by atoms with Gasteiger partial charge in [0.1, 0.15) is 0 Å². The number of nitrogens with two attached hydrogens (primary N) is 1. The van der Waals surface area contributed by atoms with E-state index in [1.807, 2.05) is 0 Å². The minimum Gasteiger partial charge on any atom is -1.00 e. The Balaban J connectivity index is 0.00000108. The maximum Gasteiger partial charge on any atom is 0.258 e. The van der Waals surface area contributed by atoms with Crippen molar-refractivity contribution in [1.82, 2.24) is 24.4 Å². The van der Waals surface area contributed by atoms with Crippen LogP contribution in [-0.2, 0) is 0 Å². The molecule has 0 amide bonds. The molecule has 6 nitrogen and oxygen atoms in total. The van der Waals surface area contributed by atoms with Crippen LogP contribution in [0.4, 0.5) is 11.8 Å². The van der Waals surface area contributed by atoms with Gasteiger partial charge in [-0.2, -0.15) is 9.97 Å². The van der Waals surface area contributed by atoms with E-state index in [-0.39, 0.29) is 12.4 Å². The van der Waals surface area contributed by atoms with Crippen molar-refractivity contribution in [2.45, 2.75) is 12.8 Å². The smallest absolute Gasteiger partial charge is 0.258 e. The Morgan fingerprint density at radius 3 is 2.71 bits per heavy atom. The zero-order valence-electron chi connectivity index (χ0n) is 9.65. The monoisotopic (exact) mass is 254 g/mol. The lowest BCUT2D eigenvalue weighted by molar-refractivity contribution is -0.00000373. The van der Waals surface area contributed by atoms with E-state index in [1.54, 1.807) is 6.33 Å². The lowest BCUT2D eigenvalue weighted by Crippen LogP contribution is -3.00. The molecule has 92 valence electrons. The van der Waals surface area contributed by atoms with Gasteiger partial charge >= 0.3 is 0 Å². The number of aromatic nitrogens is 4. The SMILES string of the molecule is C[N+]1(c2nc(N)nc3nc[nH]c23)CCCC1.[Cl-]. The number of likely N-dealkylation sites (tertiary alicyclic amines) is 1. The van der Waals surface area contributed by atoms with Crippen molar-refractivity contribution in [2.24, 2.45) is 0 Å². The fraction of sp³-hybridized carbons (Fsp3) is 0.500. The second-order valence-electron chi connectivity index (χ2n) is 4.56. The molecule has 2 aromatic rings. The van der Waals surface area contributed by atoms with Gasteiger partial charge in [0.25, 0.3) is 5.82 Å². The van der Waals surface area contributed by atoms with E-state index in [0.717, 1.165) is 28.9 Å². The van der Waals surface area contributed by atoms with E-state index in [1.165, 1.54) is 12.8 Å². The Morgan fingerprint density at radius 2 is 2.00 bits per heavy atom. The van der Waals surface area contributed by atoms with Crippen LogP contribution >= 0.6 is 0 Å². The van der Waals surface area contributed by atoms with Crippen LogP contribution in [0.1, 0.15) is 12.8 Å². The second-order valence-corrected chi connectivity index (χ2v) is 4.56. The summed E-state index contributed by atoms with van der Waals surface area (Å²) in [5, 5.41) is 0. The first kappa shape index (κ1) is 12.1. The molecule has 17 heavy (non-hydrogen) atoms. The van der Waals surface area contributed by atoms with Gasteiger partial charge < -0.3 is 23.1 Å². The lowest BCUT2D eigenvalue weighted by atomic mass is 10.4. The summed E-state index contributed by atoms with van der Waals surface area (Å²) >= 11 is 0. The minimum absolute atomic E-state index is 0. The molecule has 3 N–H and O–H groups in total. The molecule has 0 radical (unpaired) electrons. The normalized spacial score (nSPS) is 18.2. The van der Waals surface area contributed by atoms with Crippen LogP contribution in [0.15, 0.2) is 6.33 Å². The molecule has 0 bridgehead atoms. The number of hydrogen-bond donors (Lipinski definition) is 2. The van der Waals surface area contributed by atoms with E-state index >= 15 is 0 Å². The Labute approximate surface area is 105 Å². The van der Waals surface area contributed by atoms with Gasteiger partial charge in [0.15, 0.2) is 11.2 Å². The number of quaternary nitrogens is 1. The number of H-pyrrole nitrogens is 1. The third-order valence-electron chi connectivity index (χ3n) is 3.35. The summed E-state index contributed by atoms with van der Waals surface area (Å²) in [4.78, 5) is 15.8. The molecule has 1 aliphatic rings. The number of halogens is 1. The molecule has 7 heteroatoms. The van der Waals surface area contributed by atoms with Crippen molar-refractivity contribution in [2.75, 3.05) is 25.9 Å². The van der Waals surface area contributed by atoms with Crippen molar-refractivity contribution >= 4 is 22.9 Å². The molecule has 0 spiro atoms. The maximum atomic E-state index is 5.72. The number of rotatable bonds is 1. The fourth-order valence-corrected chi connectivity index (χ4v) is 2.47. The zero-order valence-corrected chi connectivity index (χ0v) is 10.4. The average molecular weight is 255 g/mol. The highest BCUT2D eigenvalue weighted by atomic mass is 35.5. The zero-order chi connectivity index (χ0) is 11.2. The Hall–Kier alpha value is -1.40. The molecule has 0 aromatic carbocycles. The van der Waals surface area contributed by atoms with Crippen molar-refractivity contribution in [3.8, 4) is 0 Å². The van der Waals surface area contributed by atoms with Crippen molar-refractivity contribution < 1.29 is 12.4 Å². The summed E-state index contributed by atoms with van der Waals surface area (Å²) < 4.78 is 0.825. The van der Waals surface area contributed by atoms with Gasteiger partial charge in [0.05, 0.1) is 26.5 Å². The molecule has 0 unspecified atom stereocenters. The third kappa shape index (κ3) is 1.83. The van der Waals surface area contributed by atoms with Crippen molar-refractivity contribution in [3.63, 3.8) is 0 Å². The van der Waals surface area contributed by atoms with Gasteiger partial charge in [0, 0.05) is 12.8 Å². The van der Waals surface area contributed by atoms with Crippen LogP contribution in [0.5, 0.6) is 0 Å². The molecule has 3 rings (SSSR count). The molecule has 0 saturated carbocycles. The predicted octanol–water partition coefficient (Wildman–Crippen LogP) is -2.33. The third-order valence-corrected chi connectivity index (χ3v) is 3.35. The lowest BCUT2D eigenvalue weighted by Gasteiger charge is -2.27. The quantitative estimate of drug-likeness (QED) is 0.560. The van der Waals surface area contributed by atoms with Crippen molar-refractivity contribution in [3.05, 3.63) is 6.33 Å². The summed E-state index contributed by atoms with van der Waals surface area (Å²) in [6.45, 7) is 2.20. The number of nitrogens with one attached hydrogen (secondary N) is 1. The van der Waals surface area contributed by atoms with Gasteiger partial charge in [-0.25, -0.2) is 4.98 Å². The standard InChI is InChI=1S/C10H15N6.ClH/c1-16(4-2-3-5-16)9-7-8(13-6-12-7)14-10(11)15-9;/h6H,2-5H2,1H3,(H3,11,12,13,14,15);1H/q+1;/p-1. The number of anilines is 1. The molecular formula is C10H15ClN6. The molecule has 1 saturated heterocycles. The van der Waals surface area contributed by atoms with Gasteiger partial charge in [-0.3, -0.25) is 4.48 Å². The van der Waals surface area contributed by atoms with Gasteiger partial charge in [-0.05, 0) is 0 Å². The van der Waals surface area contributed by atoms with Crippen LogP contribution in [0.2, 0.25) is 0 Å². The van der Waals surface area contributed by atoms with Crippen LogP contribution in [-0.4, -0.2) is 40.1 Å². The number of fused-ring (bicyclic) bond motifs is 1. The Bertz CT molecular complexity index is 531. The number of nitrogen functional groups attached to an aromatic ring is 1. The van der Waals surface area contributed by atoms with Gasteiger partial charge in [-0.15, -0.1) is 0 Å². The second kappa shape index (κ2) is 4.12. The van der Waals surface area contributed by atoms with E-state index in [4.69, 9.17) is 5.73 Å². The van der Waals surface area contributed by atoms with E-state index in [9.17, 15) is 0 Å². The first-order valence-corrected chi connectivity index (χ1v) is 5.51. The Kier molecular flexibility index (Phi) is 2.92. The summed E-state index contributed by atoms with van der Waals surface area (Å²) in [5.74, 6) is 1.28. The molecule has 1 fully saturated rings. The molecule has 2 aromatic heterocycles. The molecule has 1 aliphatic heterocycles. The largest absolute Gasteiger partial charge is 1.00 e. The maximum absolute atomic E-state index is 5.72. The fourth-order valence-electron chi connectivity index (χ4n) is 2.47. The van der Waals surface area contributed by atoms with Crippen molar-refractivity contribution in [1.29, 1.82) is 0 Å². The highest BCUT2D eigenvalue weighted by molar-refractivity contribution is 5.82. The first-order valence-electron chi connectivity index (χ1n) is 5.51. The number of aromatic amines is 1. The van der Waals surface area contributed by atoms with Crippen LogP contribution < -0.4 is 22.6 Å². The van der Waals surface area contributed by atoms with E-state index in [0.29, 0.717) is 11.6 Å². The van der Waals surface area contributed by atoms with Crippen LogP contribution in [0.3, 0.4) is 0 Å². The predicted molar refractivity (Wildman–Crippen MR) is 62.8 cm³/mol. The number of nitrogens with zero attached hydrogens (tertiary/aromatic N) is 4. The summed E-state index contributed by atoms with van der Waals surface area (Å²) in [6.07, 6.45) is 4.11. The van der Waals surface area contributed by atoms with Gasteiger partial charge in [-0.1, -0.05) is 0 Å². The molecule has 0 aliphatic carbocycles. The van der Waals surface area contributed by atoms with Crippen LogP contribution in [0, 0.1) is 0 Å². The average Bonchev–Trinajstić information content (AvgIpc) is 2.85. The topological polar surface area (TPSA) is 80.5 Å². The summed E-state index contributed by atoms with van der Waals surface area (Å²) in [7, 11) is 2.19. The van der Waals surface area contributed by atoms with E-state index in [2.05, 4.69) is 27.0 Å². The Morgan fingerprint density at radius 1 is 1.29 bits per heavy atom. The molecule has 0 atom stereocenters. The molecule has 3 heterocycles.